The van der Waals surface area contributed by atoms with Crippen LogP contribution in [0.4, 0.5) is 4.39 Å². The van der Waals surface area contributed by atoms with Crippen LogP contribution in [-0.4, -0.2) is 11.6 Å². The molecule has 1 aromatic carbocycles. The molecule has 1 unspecified atom stereocenters. The first-order valence-electron chi connectivity index (χ1n) is 6.91. The van der Waals surface area contributed by atoms with Crippen LogP contribution < -0.4 is 5.32 Å². The highest BCUT2D eigenvalue weighted by molar-refractivity contribution is 6.30. The molecule has 0 fully saturated rings. The van der Waals surface area contributed by atoms with Crippen molar-refractivity contribution >= 4 is 11.6 Å². The molecular formula is C16H20ClFN2. The number of rotatable bonds is 6. The number of hydrogen-bond acceptors (Lipinski definition) is 1. The maximum atomic E-state index is 13.9. The Morgan fingerprint density at radius 2 is 2.15 bits per heavy atom. The number of hydrogen-bond donors (Lipinski definition) is 1. The van der Waals surface area contributed by atoms with Crippen molar-refractivity contribution in [3.8, 4) is 0 Å². The zero-order valence-electron chi connectivity index (χ0n) is 11.9. The second kappa shape index (κ2) is 6.91. The Bertz CT molecular complexity index is 565. The summed E-state index contributed by atoms with van der Waals surface area (Å²) in [5.74, 6) is -0.330. The molecule has 0 saturated heterocycles. The molecule has 0 amide bonds. The van der Waals surface area contributed by atoms with E-state index in [1.54, 1.807) is 18.2 Å². The number of nitrogens with zero attached hydrogens (tertiary/aromatic N) is 1. The molecule has 0 aliphatic carbocycles. The molecule has 0 bridgehead atoms. The summed E-state index contributed by atoms with van der Waals surface area (Å²) in [5, 5.41) is 3.48. The van der Waals surface area contributed by atoms with E-state index in [-0.39, 0.29) is 10.8 Å². The first kappa shape index (κ1) is 15.1. The Kier molecular flexibility index (Phi) is 5.21. The van der Waals surface area contributed by atoms with Gasteiger partial charge >= 0.3 is 0 Å². The quantitative estimate of drug-likeness (QED) is 0.836. The van der Waals surface area contributed by atoms with Crippen LogP contribution in [0.1, 0.15) is 36.9 Å². The van der Waals surface area contributed by atoms with Crippen LogP contribution in [-0.2, 0) is 6.54 Å². The molecule has 0 aliphatic heterocycles. The molecule has 0 radical (unpaired) electrons. The lowest BCUT2D eigenvalue weighted by Crippen LogP contribution is -2.15. The summed E-state index contributed by atoms with van der Waals surface area (Å²) in [7, 11) is 1.97. The minimum absolute atomic E-state index is 0.175. The van der Waals surface area contributed by atoms with E-state index in [1.807, 2.05) is 17.8 Å². The summed E-state index contributed by atoms with van der Waals surface area (Å²) >= 11 is 5.81. The SMILES string of the molecule is CCCC(NC)c1ccn(Cc2cccc(Cl)c2F)c1. The number of aromatic nitrogens is 1. The summed E-state index contributed by atoms with van der Waals surface area (Å²) in [6.45, 7) is 2.66. The van der Waals surface area contributed by atoms with Crippen molar-refractivity contribution in [2.24, 2.45) is 0 Å². The largest absolute Gasteiger partial charge is 0.349 e. The topological polar surface area (TPSA) is 17.0 Å². The van der Waals surface area contributed by atoms with Gasteiger partial charge in [-0.25, -0.2) is 4.39 Å². The maximum Gasteiger partial charge on any atom is 0.146 e. The molecule has 20 heavy (non-hydrogen) atoms. The highest BCUT2D eigenvalue weighted by Crippen LogP contribution is 2.21. The van der Waals surface area contributed by atoms with E-state index < -0.39 is 0 Å². The molecule has 0 aliphatic rings. The minimum atomic E-state index is -0.330. The van der Waals surface area contributed by atoms with Gasteiger partial charge in [-0.3, -0.25) is 0 Å². The van der Waals surface area contributed by atoms with E-state index >= 15 is 0 Å². The van der Waals surface area contributed by atoms with Gasteiger partial charge in [-0.2, -0.15) is 0 Å². The number of nitrogens with one attached hydrogen (secondary N) is 1. The van der Waals surface area contributed by atoms with Crippen molar-refractivity contribution in [1.29, 1.82) is 0 Å². The lowest BCUT2D eigenvalue weighted by Gasteiger charge is -2.13. The fourth-order valence-corrected chi connectivity index (χ4v) is 2.59. The van der Waals surface area contributed by atoms with Crippen molar-refractivity contribution in [1.82, 2.24) is 9.88 Å². The fourth-order valence-electron chi connectivity index (χ4n) is 2.40. The van der Waals surface area contributed by atoms with Gasteiger partial charge in [0.25, 0.3) is 0 Å². The van der Waals surface area contributed by atoms with Crippen LogP contribution in [0.5, 0.6) is 0 Å². The van der Waals surface area contributed by atoms with Crippen molar-refractivity contribution in [2.75, 3.05) is 7.05 Å². The Morgan fingerprint density at radius 1 is 1.35 bits per heavy atom. The van der Waals surface area contributed by atoms with Crippen LogP contribution in [0.25, 0.3) is 0 Å². The summed E-state index contributed by atoms with van der Waals surface area (Å²) in [6.07, 6.45) is 6.26. The zero-order chi connectivity index (χ0) is 14.5. The molecule has 2 nitrogen and oxygen atoms in total. The van der Waals surface area contributed by atoms with Crippen LogP contribution in [0.15, 0.2) is 36.7 Å². The molecule has 1 heterocycles. The van der Waals surface area contributed by atoms with E-state index in [0.717, 1.165) is 12.8 Å². The Morgan fingerprint density at radius 3 is 2.85 bits per heavy atom. The molecular weight excluding hydrogens is 275 g/mol. The van der Waals surface area contributed by atoms with Crippen LogP contribution in [0.2, 0.25) is 5.02 Å². The van der Waals surface area contributed by atoms with Crippen molar-refractivity contribution in [3.63, 3.8) is 0 Å². The molecule has 1 N–H and O–H groups in total. The molecule has 1 aromatic heterocycles. The molecule has 1 atom stereocenters. The second-order valence-corrected chi connectivity index (χ2v) is 5.37. The van der Waals surface area contributed by atoms with E-state index in [1.165, 1.54) is 5.56 Å². The van der Waals surface area contributed by atoms with Crippen molar-refractivity contribution in [3.05, 3.63) is 58.6 Å². The van der Waals surface area contributed by atoms with Gasteiger partial charge in [0, 0.05) is 30.5 Å². The maximum absolute atomic E-state index is 13.9. The first-order valence-corrected chi connectivity index (χ1v) is 7.29. The normalized spacial score (nSPS) is 12.6. The first-order chi connectivity index (χ1) is 9.65. The Hall–Kier alpha value is -1.32. The van der Waals surface area contributed by atoms with Crippen LogP contribution in [0, 0.1) is 5.82 Å². The third-order valence-corrected chi connectivity index (χ3v) is 3.78. The Balaban J connectivity index is 2.15. The van der Waals surface area contributed by atoms with Crippen molar-refractivity contribution < 1.29 is 4.39 Å². The molecule has 0 spiro atoms. The Labute approximate surface area is 124 Å². The summed E-state index contributed by atoms with van der Waals surface area (Å²) in [4.78, 5) is 0. The average molecular weight is 295 g/mol. The molecule has 108 valence electrons. The highest BCUT2D eigenvalue weighted by atomic mass is 35.5. The van der Waals surface area contributed by atoms with Gasteiger partial charge in [0.15, 0.2) is 0 Å². The zero-order valence-corrected chi connectivity index (χ0v) is 12.6. The van der Waals surface area contributed by atoms with Gasteiger partial charge in [0.05, 0.1) is 5.02 Å². The third-order valence-electron chi connectivity index (χ3n) is 3.49. The molecule has 2 aromatic rings. The third kappa shape index (κ3) is 3.41. The smallest absolute Gasteiger partial charge is 0.146 e. The lowest BCUT2D eigenvalue weighted by molar-refractivity contribution is 0.540. The highest BCUT2D eigenvalue weighted by Gasteiger charge is 2.11. The second-order valence-electron chi connectivity index (χ2n) is 4.96. The molecule has 0 saturated carbocycles. The number of benzene rings is 1. The van der Waals surface area contributed by atoms with Gasteiger partial charge in [0.1, 0.15) is 5.82 Å². The van der Waals surface area contributed by atoms with E-state index in [4.69, 9.17) is 11.6 Å². The summed E-state index contributed by atoms with van der Waals surface area (Å²) < 4.78 is 15.9. The van der Waals surface area contributed by atoms with Crippen LogP contribution in [0.3, 0.4) is 0 Å². The standard InChI is InChI=1S/C16H20ClFN2/c1-3-5-15(19-2)12-8-9-20(10-12)11-13-6-4-7-14(17)16(13)18/h4,6-10,15,19H,3,5,11H2,1-2H3. The van der Waals surface area contributed by atoms with Gasteiger partial charge in [-0.1, -0.05) is 37.1 Å². The predicted molar refractivity (Wildman–Crippen MR) is 81.7 cm³/mol. The van der Waals surface area contributed by atoms with E-state index in [9.17, 15) is 4.39 Å². The van der Waals surface area contributed by atoms with Crippen LogP contribution >= 0.6 is 11.6 Å². The van der Waals surface area contributed by atoms with E-state index in [0.29, 0.717) is 18.2 Å². The molecule has 4 heteroatoms. The van der Waals surface area contributed by atoms with Crippen molar-refractivity contribution in [2.45, 2.75) is 32.4 Å². The van der Waals surface area contributed by atoms with Gasteiger partial charge < -0.3 is 9.88 Å². The summed E-state index contributed by atoms with van der Waals surface area (Å²) in [6, 6.07) is 7.55. The van der Waals surface area contributed by atoms with Gasteiger partial charge in [-0.05, 0) is 31.2 Å². The summed E-state index contributed by atoms with van der Waals surface area (Å²) in [5.41, 5.74) is 1.84. The fraction of sp³-hybridized carbons (Fsp3) is 0.375. The molecule has 2 rings (SSSR count). The van der Waals surface area contributed by atoms with E-state index in [2.05, 4.69) is 24.5 Å². The minimum Gasteiger partial charge on any atom is -0.349 e. The monoisotopic (exact) mass is 294 g/mol. The lowest BCUT2D eigenvalue weighted by atomic mass is 10.1. The number of halogens is 2. The van der Waals surface area contributed by atoms with Gasteiger partial charge in [0.2, 0.25) is 0 Å². The van der Waals surface area contributed by atoms with Gasteiger partial charge in [-0.15, -0.1) is 0 Å². The predicted octanol–water partition coefficient (Wildman–Crippen LogP) is 4.39. The average Bonchev–Trinajstić information content (AvgIpc) is 2.89.